The van der Waals surface area contributed by atoms with Gasteiger partial charge in [0.2, 0.25) is 5.95 Å². The van der Waals surface area contributed by atoms with Crippen LogP contribution in [0, 0.1) is 5.82 Å². The zero-order valence-corrected chi connectivity index (χ0v) is 20.6. The number of nitrogens with one attached hydrogen (secondary N) is 2. The van der Waals surface area contributed by atoms with Gasteiger partial charge >= 0.3 is 6.61 Å². The Hall–Kier alpha value is -3.93. The van der Waals surface area contributed by atoms with Crippen LogP contribution in [0.1, 0.15) is 29.8 Å². The van der Waals surface area contributed by atoms with Gasteiger partial charge in [0.05, 0.1) is 23.6 Å². The molecule has 2 aliphatic rings. The predicted octanol–water partition coefficient (Wildman–Crippen LogP) is 3.75. The van der Waals surface area contributed by atoms with Gasteiger partial charge in [-0.05, 0) is 32.5 Å². The van der Waals surface area contributed by atoms with E-state index in [2.05, 4.69) is 35.2 Å². The van der Waals surface area contributed by atoms with Gasteiger partial charge in [-0.3, -0.25) is 4.79 Å². The SMILES string of the molecule is CN1CCN(c2cc(Nc3ncc(F)c(-c4ccc5c(c4)C(=O)NC5(C)C)n3)c(OC(F)F)cn2)CC1. The van der Waals surface area contributed by atoms with Crippen LogP contribution in [0.15, 0.2) is 36.7 Å². The molecule has 4 heterocycles. The Morgan fingerprint density at radius 1 is 1.11 bits per heavy atom. The number of fused-ring (bicyclic) bond motifs is 1. The molecule has 0 spiro atoms. The van der Waals surface area contributed by atoms with Crippen molar-refractivity contribution in [3.05, 3.63) is 53.6 Å². The number of halogens is 3. The molecule has 2 aromatic heterocycles. The number of pyridine rings is 1. The van der Waals surface area contributed by atoms with Gasteiger partial charge < -0.3 is 25.2 Å². The first-order chi connectivity index (χ1) is 17.6. The van der Waals surface area contributed by atoms with Gasteiger partial charge in [0.1, 0.15) is 11.5 Å². The average molecular weight is 514 g/mol. The second-order valence-corrected chi connectivity index (χ2v) is 9.56. The molecule has 1 amide bonds. The fourth-order valence-corrected chi connectivity index (χ4v) is 4.52. The van der Waals surface area contributed by atoms with Gasteiger partial charge in [0, 0.05) is 43.4 Å². The first kappa shape index (κ1) is 24.8. The highest BCUT2D eigenvalue weighted by molar-refractivity contribution is 6.01. The van der Waals surface area contributed by atoms with E-state index in [0.717, 1.165) is 37.9 Å². The summed E-state index contributed by atoms with van der Waals surface area (Å²) >= 11 is 0. The number of hydrogen-bond donors (Lipinski definition) is 2. The summed E-state index contributed by atoms with van der Waals surface area (Å²) in [6.45, 7) is 3.81. The van der Waals surface area contributed by atoms with Crippen LogP contribution in [0.25, 0.3) is 11.3 Å². The smallest absolute Gasteiger partial charge is 0.387 e. The first-order valence-electron chi connectivity index (χ1n) is 11.8. The van der Waals surface area contributed by atoms with E-state index < -0.39 is 18.0 Å². The number of amides is 1. The molecule has 3 aromatic rings. The number of likely N-dealkylation sites (N-methyl/N-ethyl adjacent to an activating group) is 1. The molecule has 0 bridgehead atoms. The molecule has 0 radical (unpaired) electrons. The normalized spacial score (nSPS) is 17.1. The lowest BCUT2D eigenvalue weighted by Crippen LogP contribution is -2.44. The number of rotatable bonds is 6. The lowest BCUT2D eigenvalue weighted by Gasteiger charge is -2.33. The van der Waals surface area contributed by atoms with Gasteiger partial charge in [0.25, 0.3) is 5.91 Å². The van der Waals surface area contributed by atoms with Crippen LogP contribution in [-0.4, -0.2) is 65.6 Å². The van der Waals surface area contributed by atoms with Crippen LogP contribution >= 0.6 is 0 Å². The number of alkyl halides is 2. The Balaban J connectivity index is 1.47. The molecular weight excluding hydrogens is 487 g/mol. The van der Waals surface area contributed by atoms with E-state index in [4.69, 9.17) is 0 Å². The second kappa shape index (κ2) is 9.51. The Bertz CT molecular complexity index is 1340. The van der Waals surface area contributed by atoms with Crippen molar-refractivity contribution in [2.75, 3.05) is 43.4 Å². The number of piperazine rings is 1. The highest BCUT2D eigenvalue weighted by atomic mass is 19.3. The molecule has 1 saturated heterocycles. The third-order valence-corrected chi connectivity index (χ3v) is 6.52. The van der Waals surface area contributed by atoms with Crippen molar-refractivity contribution in [3.63, 3.8) is 0 Å². The van der Waals surface area contributed by atoms with Crippen LogP contribution < -0.4 is 20.3 Å². The molecule has 0 aliphatic carbocycles. The van der Waals surface area contributed by atoms with Crippen molar-refractivity contribution in [3.8, 4) is 17.0 Å². The summed E-state index contributed by atoms with van der Waals surface area (Å²) in [5.74, 6) is -0.598. The molecule has 0 atom stereocenters. The van der Waals surface area contributed by atoms with Crippen molar-refractivity contribution in [2.24, 2.45) is 0 Å². The minimum Gasteiger partial charge on any atom is -0.431 e. The average Bonchev–Trinajstić information content (AvgIpc) is 3.09. The molecule has 194 valence electrons. The van der Waals surface area contributed by atoms with Gasteiger partial charge in [-0.25, -0.2) is 19.3 Å². The quantitative estimate of drug-likeness (QED) is 0.515. The van der Waals surface area contributed by atoms with Gasteiger partial charge in [-0.2, -0.15) is 8.78 Å². The van der Waals surface area contributed by atoms with E-state index in [1.54, 1.807) is 24.3 Å². The Morgan fingerprint density at radius 2 is 1.86 bits per heavy atom. The Labute approximate surface area is 211 Å². The van der Waals surface area contributed by atoms with Gasteiger partial charge in [0.15, 0.2) is 11.6 Å². The summed E-state index contributed by atoms with van der Waals surface area (Å²) in [6.07, 6.45) is 2.20. The second-order valence-electron chi connectivity index (χ2n) is 9.56. The summed E-state index contributed by atoms with van der Waals surface area (Å²) in [5, 5.41) is 5.76. The van der Waals surface area contributed by atoms with Crippen LogP contribution in [0.4, 0.5) is 30.6 Å². The number of hydrogen-bond acceptors (Lipinski definition) is 8. The summed E-state index contributed by atoms with van der Waals surface area (Å²) in [5.41, 5.74) is 1.21. The molecule has 5 rings (SSSR count). The van der Waals surface area contributed by atoms with Crippen molar-refractivity contribution in [1.29, 1.82) is 0 Å². The van der Waals surface area contributed by atoms with Crippen molar-refractivity contribution in [1.82, 2.24) is 25.2 Å². The van der Waals surface area contributed by atoms with Crippen molar-refractivity contribution in [2.45, 2.75) is 26.0 Å². The Morgan fingerprint density at radius 3 is 2.59 bits per heavy atom. The van der Waals surface area contributed by atoms with Crippen molar-refractivity contribution >= 4 is 23.4 Å². The first-order valence-corrected chi connectivity index (χ1v) is 11.8. The fourth-order valence-electron chi connectivity index (χ4n) is 4.52. The minimum atomic E-state index is -3.07. The van der Waals surface area contributed by atoms with Gasteiger partial charge in [-0.1, -0.05) is 12.1 Å². The van der Waals surface area contributed by atoms with Crippen LogP contribution in [0.3, 0.4) is 0 Å². The largest absolute Gasteiger partial charge is 0.431 e. The molecule has 0 unspecified atom stereocenters. The molecular formula is C25H26F3N7O2. The maximum Gasteiger partial charge on any atom is 0.387 e. The highest BCUT2D eigenvalue weighted by Gasteiger charge is 2.35. The molecule has 1 fully saturated rings. The highest BCUT2D eigenvalue weighted by Crippen LogP contribution is 2.35. The number of carbonyl (C=O) groups is 1. The maximum absolute atomic E-state index is 14.8. The lowest BCUT2D eigenvalue weighted by molar-refractivity contribution is -0.0495. The molecule has 9 nitrogen and oxygen atoms in total. The van der Waals surface area contributed by atoms with E-state index >= 15 is 0 Å². The molecule has 1 aromatic carbocycles. The molecule has 37 heavy (non-hydrogen) atoms. The summed E-state index contributed by atoms with van der Waals surface area (Å²) in [6, 6.07) is 6.60. The fraction of sp³-hybridized carbons (Fsp3) is 0.360. The third kappa shape index (κ3) is 5.01. The lowest BCUT2D eigenvalue weighted by atomic mass is 9.93. The molecule has 2 N–H and O–H groups in total. The van der Waals surface area contributed by atoms with E-state index in [-0.39, 0.29) is 29.0 Å². The number of nitrogens with zero attached hydrogens (tertiary/aromatic N) is 5. The maximum atomic E-state index is 14.8. The van der Waals surface area contributed by atoms with E-state index in [1.807, 2.05) is 25.8 Å². The predicted molar refractivity (Wildman–Crippen MR) is 132 cm³/mol. The van der Waals surface area contributed by atoms with Crippen LogP contribution in [-0.2, 0) is 5.54 Å². The zero-order chi connectivity index (χ0) is 26.3. The zero-order valence-electron chi connectivity index (χ0n) is 20.6. The van der Waals surface area contributed by atoms with Crippen molar-refractivity contribution < 1.29 is 22.7 Å². The number of ether oxygens (including phenoxy) is 1. The summed E-state index contributed by atoms with van der Waals surface area (Å²) < 4.78 is 45.6. The topological polar surface area (TPSA) is 95.5 Å². The summed E-state index contributed by atoms with van der Waals surface area (Å²) in [7, 11) is 2.02. The number of anilines is 3. The van der Waals surface area contributed by atoms with E-state index in [9.17, 15) is 18.0 Å². The molecule has 0 saturated carbocycles. The summed E-state index contributed by atoms with van der Waals surface area (Å²) in [4.78, 5) is 29.2. The van der Waals surface area contributed by atoms with E-state index in [1.165, 1.54) is 6.20 Å². The number of aromatic nitrogens is 3. The van der Waals surface area contributed by atoms with Gasteiger partial charge in [-0.15, -0.1) is 0 Å². The Kier molecular flexibility index (Phi) is 6.36. The van der Waals surface area contributed by atoms with Crippen LogP contribution in [0.5, 0.6) is 5.75 Å². The number of carbonyl (C=O) groups excluding carboxylic acids is 1. The minimum absolute atomic E-state index is 0.0312. The number of benzene rings is 1. The molecule has 12 heteroatoms. The molecule has 2 aliphatic heterocycles. The standard InChI is InChI=1S/C25H26F3N7O2/c1-25(2)16-5-4-14(10-15(16)22(36)33-25)21-17(26)12-30-24(32-21)31-18-11-20(29-13-19(18)37-23(27)28)35-8-6-34(3)7-9-35/h4-5,10-13,23H,6-9H2,1-3H3,(H,33,36)(H,29,30,31,32). The third-order valence-electron chi connectivity index (χ3n) is 6.52. The van der Waals surface area contributed by atoms with E-state index in [0.29, 0.717) is 16.9 Å². The monoisotopic (exact) mass is 513 g/mol. The van der Waals surface area contributed by atoms with Crippen LogP contribution in [0.2, 0.25) is 0 Å².